The highest BCUT2D eigenvalue weighted by molar-refractivity contribution is 5.78. The van der Waals surface area contributed by atoms with Crippen LogP contribution in [0, 0.1) is 5.41 Å². The van der Waals surface area contributed by atoms with Crippen LogP contribution in [0.5, 0.6) is 0 Å². The minimum atomic E-state index is 0.0324. The Morgan fingerprint density at radius 2 is 2.00 bits per heavy atom. The Balaban J connectivity index is 4.44. The van der Waals surface area contributed by atoms with E-state index in [0.717, 1.165) is 12.2 Å². The first kappa shape index (κ1) is 13.9. The van der Waals surface area contributed by atoms with Gasteiger partial charge in [0.25, 0.3) is 0 Å². The molecule has 0 unspecified atom stereocenters. The average Bonchev–Trinajstić information content (AvgIpc) is 2.13. The molecule has 0 bridgehead atoms. The van der Waals surface area contributed by atoms with Crippen molar-refractivity contribution in [2.45, 2.75) is 20.8 Å². The van der Waals surface area contributed by atoms with Gasteiger partial charge in [-0.15, -0.1) is 0 Å². The van der Waals surface area contributed by atoms with Gasteiger partial charge < -0.3 is 11.1 Å². The van der Waals surface area contributed by atoms with Crippen LogP contribution in [0.2, 0.25) is 0 Å². The minimum absolute atomic E-state index is 0.0324. The van der Waals surface area contributed by atoms with E-state index in [1.165, 1.54) is 0 Å². The molecule has 0 atom stereocenters. The Morgan fingerprint density at radius 3 is 2.47 bits per heavy atom. The van der Waals surface area contributed by atoms with Gasteiger partial charge in [-0.05, 0) is 19.4 Å². The third kappa shape index (κ3) is 6.93. The summed E-state index contributed by atoms with van der Waals surface area (Å²) in [6.07, 6.45) is 2.08. The number of nitrogens with zero attached hydrogens (tertiary/aromatic N) is 1. The fourth-order valence-electron chi connectivity index (χ4n) is 1.21. The maximum absolute atomic E-state index is 5.56. The first-order valence-electron chi connectivity index (χ1n) is 5.02. The molecular formula is C10H23N5. The number of hydrogen-bond donors (Lipinski definition) is 4. The number of aliphatic imine (C=N–C) groups is 1. The summed E-state index contributed by atoms with van der Waals surface area (Å²) in [7, 11) is 3.60. The van der Waals surface area contributed by atoms with Gasteiger partial charge >= 0.3 is 0 Å². The zero-order chi connectivity index (χ0) is 11.9. The van der Waals surface area contributed by atoms with E-state index in [1.807, 2.05) is 14.0 Å². The van der Waals surface area contributed by atoms with Crippen LogP contribution in [0.25, 0.3) is 0 Å². The van der Waals surface area contributed by atoms with Gasteiger partial charge in [-0.3, -0.25) is 10.9 Å². The molecule has 0 aliphatic rings. The van der Waals surface area contributed by atoms with E-state index in [4.69, 9.17) is 5.73 Å². The molecule has 0 saturated heterocycles. The highest BCUT2D eigenvalue weighted by Gasteiger charge is 2.13. The minimum Gasteiger partial charge on any atom is -0.370 e. The summed E-state index contributed by atoms with van der Waals surface area (Å²) < 4.78 is 0. The van der Waals surface area contributed by atoms with Gasteiger partial charge in [-0.2, -0.15) is 0 Å². The van der Waals surface area contributed by atoms with Crippen molar-refractivity contribution in [1.82, 2.24) is 16.2 Å². The van der Waals surface area contributed by atoms with Gasteiger partial charge in [0.15, 0.2) is 5.96 Å². The van der Waals surface area contributed by atoms with Crippen LogP contribution in [0.1, 0.15) is 20.8 Å². The van der Waals surface area contributed by atoms with Crippen molar-refractivity contribution in [2.24, 2.45) is 16.1 Å². The fraction of sp³-hybridized carbons (Fsp3) is 0.700. The third-order valence-electron chi connectivity index (χ3n) is 1.87. The predicted molar refractivity (Wildman–Crippen MR) is 65.3 cm³/mol. The zero-order valence-corrected chi connectivity index (χ0v) is 10.3. The van der Waals surface area contributed by atoms with E-state index < -0.39 is 0 Å². The number of hydrogen-bond acceptors (Lipinski definition) is 3. The molecule has 0 aromatic heterocycles. The Hall–Kier alpha value is -1.07. The van der Waals surface area contributed by atoms with Crippen LogP contribution in [-0.4, -0.2) is 26.6 Å². The molecule has 0 rings (SSSR count). The Kier molecular flexibility index (Phi) is 5.96. The summed E-state index contributed by atoms with van der Waals surface area (Å²) in [4.78, 5) is 4.18. The molecule has 0 aliphatic carbocycles. The molecule has 0 saturated carbocycles. The lowest BCUT2D eigenvalue weighted by atomic mass is 9.92. The number of guanidine groups is 1. The van der Waals surface area contributed by atoms with Gasteiger partial charge in [0.2, 0.25) is 0 Å². The highest BCUT2D eigenvalue weighted by Crippen LogP contribution is 2.18. The number of rotatable bonds is 5. The van der Waals surface area contributed by atoms with Crippen molar-refractivity contribution in [1.29, 1.82) is 0 Å². The molecule has 88 valence electrons. The van der Waals surface area contributed by atoms with E-state index in [-0.39, 0.29) is 5.41 Å². The molecule has 0 fully saturated rings. The van der Waals surface area contributed by atoms with Gasteiger partial charge in [0.1, 0.15) is 0 Å². The molecule has 15 heavy (non-hydrogen) atoms. The Labute approximate surface area is 92.2 Å². The van der Waals surface area contributed by atoms with Gasteiger partial charge in [0.05, 0.1) is 0 Å². The molecule has 0 aromatic rings. The van der Waals surface area contributed by atoms with E-state index >= 15 is 0 Å². The smallest absolute Gasteiger partial charge is 0.193 e. The average molecular weight is 213 g/mol. The first-order valence-corrected chi connectivity index (χ1v) is 5.02. The second-order valence-corrected chi connectivity index (χ2v) is 4.12. The van der Waals surface area contributed by atoms with Gasteiger partial charge in [-0.1, -0.05) is 19.9 Å². The van der Waals surface area contributed by atoms with E-state index in [9.17, 15) is 0 Å². The molecule has 0 radical (unpaired) electrons. The zero-order valence-electron chi connectivity index (χ0n) is 10.3. The summed E-state index contributed by atoms with van der Waals surface area (Å²) in [5.41, 5.74) is 12.5. The number of allylic oxidation sites excluding steroid dienone is 1. The predicted octanol–water partition coefficient (Wildman–Crippen LogP) is 0.175. The van der Waals surface area contributed by atoms with Crippen molar-refractivity contribution < 1.29 is 0 Å². The van der Waals surface area contributed by atoms with Crippen LogP contribution in [0.15, 0.2) is 16.8 Å². The second-order valence-electron chi connectivity index (χ2n) is 4.12. The van der Waals surface area contributed by atoms with Crippen molar-refractivity contribution in [2.75, 3.05) is 20.6 Å². The maximum atomic E-state index is 5.56. The number of nitrogens with two attached hydrogens (primary N) is 1. The monoisotopic (exact) mass is 213 g/mol. The Morgan fingerprint density at radius 1 is 1.40 bits per heavy atom. The molecule has 0 aliphatic heterocycles. The SMILES string of the molecule is CNNCC(C)(C)/C=C(C)/N=C(/N)NC. The van der Waals surface area contributed by atoms with Crippen LogP contribution >= 0.6 is 0 Å². The van der Waals surface area contributed by atoms with Crippen molar-refractivity contribution in [3.63, 3.8) is 0 Å². The van der Waals surface area contributed by atoms with E-state index in [0.29, 0.717) is 5.96 Å². The largest absolute Gasteiger partial charge is 0.370 e. The normalized spacial score (nSPS) is 14.2. The summed E-state index contributed by atoms with van der Waals surface area (Å²) in [6.45, 7) is 7.03. The molecule has 5 nitrogen and oxygen atoms in total. The van der Waals surface area contributed by atoms with Crippen LogP contribution in [0.4, 0.5) is 0 Å². The quantitative estimate of drug-likeness (QED) is 0.298. The lowest BCUT2D eigenvalue weighted by Crippen LogP contribution is -2.36. The first-order chi connectivity index (χ1) is 6.91. The summed E-state index contributed by atoms with van der Waals surface area (Å²) in [5.74, 6) is 0.432. The molecular weight excluding hydrogens is 190 g/mol. The van der Waals surface area contributed by atoms with E-state index in [2.05, 4.69) is 41.1 Å². The molecule has 5 heteroatoms. The van der Waals surface area contributed by atoms with E-state index in [1.54, 1.807) is 7.05 Å². The third-order valence-corrected chi connectivity index (χ3v) is 1.87. The summed E-state index contributed by atoms with van der Waals surface area (Å²) in [5, 5.41) is 2.78. The Bertz CT molecular complexity index is 242. The van der Waals surface area contributed by atoms with Gasteiger partial charge in [-0.25, -0.2) is 4.99 Å². The second kappa shape index (κ2) is 6.42. The van der Waals surface area contributed by atoms with Crippen LogP contribution < -0.4 is 21.9 Å². The molecule has 0 heterocycles. The van der Waals surface area contributed by atoms with Crippen molar-refractivity contribution >= 4 is 5.96 Å². The highest BCUT2D eigenvalue weighted by atomic mass is 15.3. The molecule has 5 N–H and O–H groups in total. The van der Waals surface area contributed by atoms with Crippen LogP contribution in [-0.2, 0) is 0 Å². The standard InChI is InChI=1S/C10H23N5/c1-8(15-9(11)12-4)6-10(2,3)7-14-13-5/h6,13-14H,7H2,1-5H3,(H3,11,12,15)/b8-6+. The molecule has 0 aromatic carbocycles. The van der Waals surface area contributed by atoms with Crippen LogP contribution in [0.3, 0.4) is 0 Å². The molecule has 0 amide bonds. The number of nitrogens with one attached hydrogen (secondary N) is 3. The fourth-order valence-corrected chi connectivity index (χ4v) is 1.21. The molecule has 0 spiro atoms. The summed E-state index contributed by atoms with van der Waals surface area (Å²) in [6, 6.07) is 0. The lowest BCUT2D eigenvalue weighted by Gasteiger charge is -2.21. The van der Waals surface area contributed by atoms with Crippen molar-refractivity contribution in [3.05, 3.63) is 11.8 Å². The van der Waals surface area contributed by atoms with Crippen molar-refractivity contribution in [3.8, 4) is 0 Å². The topological polar surface area (TPSA) is 74.5 Å². The summed E-state index contributed by atoms with van der Waals surface area (Å²) >= 11 is 0. The maximum Gasteiger partial charge on any atom is 0.193 e. The number of hydrazine groups is 1. The lowest BCUT2D eigenvalue weighted by molar-refractivity contribution is 0.405. The van der Waals surface area contributed by atoms with Gasteiger partial charge in [0, 0.05) is 19.3 Å².